The summed E-state index contributed by atoms with van der Waals surface area (Å²) in [5.41, 5.74) is 3.36. The largest absolute Gasteiger partial charge is 0.481 e. The van der Waals surface area contributed by atoms with E-state index in [4.69, 9.17) is 0 Å². The van der Waals surface area contributed by atoms with Crippen molar-refractivity contribution in [1.82, 2.24) is 24.7 Å². The van der Waals surface area contributed by atoms with Gasteiger partial charge in [0.15, 0.2) is 0 Å². The maximum atomic E-state index is 11.7. The third-order valence-corrected chi connectivity index (χ3v) is 4.73. The van der Waals surface area contributed by atoms with Crippen LogP contribution in [0.4, 0.5) is 0 Å². The van der Waals surface area contributed by atoms with Gasteiger partial charge in [0.25, 0.3) is 0 Å². The second-order valence-corrected chi connectivity index (χ2v) is 6.48. The first kappa shape index (κ1) is 17.4. The van der Waals surface area contributed by atoms with Crippen molar-refractivity contribution in [3.8, 4) is 17.3 Å². The molecule has 0 fully saturated rings. The van der Waals surface area contributed by atoms with Crippen molar-refractivity contribution in [2.24, 2.45) is 5.92 Å². The van der Waals surface area contributed by atoms with Crippen LogP contribution in [-0.4, -0.2) is 35.8 Å². The molecule has 0 bridgehead atoms. The van der Waals surface area contributed by atoms with E-state index >= 15 is 0 Å². The van der Waals surface area contributed by atoms with Gasteiger partial charge < -0.3 is 10.1 Å². The highest BCUT2D eigenvalue weighted by Gasteiger charge is 2.28. The number of H-pyrrole nitrogens is 1. The molecular formula is C20H16N6O2. The number of nitriles is 1. The van der Waals surface area contributed by atoms with E-state index < -0.39 is 17.9 Å². The second-order valence-electron chi connectivity index (χ2n) is 6.48. The predicted molar refractivity (Wildman–Crippen MR) is 101 cm³/mol. The predicted octanol–water partition coefficient (Wildman–Crippen LogP) is 3.00. The number of aliphatic carboxylic acids is 1. The van der Waals surface area contributed by atoms with Crippen LogP contribution in [0.1, 0.15) is 24.1 Å². The summed E-state index contributed by atoms with van der Waals surface area (Å²) in [5, 5.41) is 24.1. The Kier molecular flexibility index (Phi) is 4.33. The van der Waals surface area contributed by atoms with Gasteiger partial charge in [-0.25, -0.2) is 9.97 Å². The number of hydrogen-bond acceptors (Lipinski definition) is 5. The average Bonchev–Trinajstić information content (AvgIpc) is 3.37. The fourth-order valence-corrected chi connectivity index (χ4v) is 3.31. The van der Waals surface area contributed by atoms with E-state index in [1.807, 2.05) is 6.07 Å². The van der Waals surface area contributed by atoms with Crippen molar-refractivity contribution >= 4 is 17.0 Å². The number of nitrogens with one attached hydrogen (secondary N) is 1. The molecule has 4 aromatic rings. The van der Waals surface area contributed by atoms with Gasteiger partial charge in [-0.2, -0.15) is 10.4 Å². The molecule has 8 nitrogen and oxygen atoms in total. The van der Waals surface area contributed by atoms with E-state index in [1.165, 1.54) is 6.33 Å². The SMILES string of the molecule is CC(C(=O)O)C(c1cccc(C#N)c1)n1cc(-c2ncnc3[nH]ccc23)cn1. The summed E-state index contributed by atoms with van der Waals surface area (Å²) in [6.07, 6.45) is 6.69. The maximum absolute atomic E-state index is 11.7. The molecule has 0 saturated carbocycles. The lowest BCUT2D eigenvalue weighted by atomic mass is 9.93. The molecule has 2 N–H and O–H groups in total. The van der Waals surface area contributed by atoms with Gasteiger partial charge in [-0.1, -0.05) is 12.1 Å². The Morgan fingerprint density at radius 2 is 2.18 bits per heavy atom. The van der Waals surface area contributed by atoms with Crippen LogP contribution in [0.3, 0.4) is 0 Å². The van der Waals surface area contributed by atoms with Crippen LogP contribution in [0.15, 0.2) is 55.2 Å². The van der Waals surface area contributed by atoms with Crippen molar-refractivity contribution in [3.05, 3.63) is 66.4 Å². The molecule has 0 radical (unpaired) electrons. The quantitative estimate of drug-likeness (QED) is 0.555. The Morgan fingerprint density at radius 3 is 2.96 bits per heavy atom. The Morgan fingerprint density at radius 1 is 1.32 bits per heavy atom. The number of fused-ring (bicyclic) bond motifs is 1. The first-order chi connectivity index (χ1) is 13.6. The van der Waals surface area contributed by atoms with Gasteiger partial charge in [-0.05, 0) is 30.7 Å². The van der Waals surface area contributed by atoms with Crippen molar-refractivity contribution in [3.63, 3.8) is 0 Å². The highest BCUT2D eigenvalue weighted by molar-refractivity contribution is 5.90. The lowest BCUT2D eigenvalue weighted by molar-refractivity contribution is -0.142. The zero-order valence-electron chi connectivity index (χ0n) is 14.9. The summed E-state index contributed by atoms with van der Waals surface area (Å²) in [6, 6.07) is 10.3. The van der Waals surface area contributed by atoms with Crippen molar-refractivity contribution in [1.29, 1.82) is 5.26 Å². The first-order valence-electron chi connectivity index (χ1n) is 8.64. The van der Waals surface area contributed by atoms with E-state index in [9.17, 15) is 15.2 Å². The van der Waals surface area contributed by atoms with Crippen LogP contribution in [-0.2, 0) is 4.79 Å². The topological polar surface area (TPSA) is 120 Å². The Balaban J connectivity index is 1.81. The van der Waals surface area contributed by atoms with E-state index in [1.54, 1.807) is 54.5 Å². The molecule has 3 aromatic heterocycles. The molecule has 138 valence electrons. The molecule has 0 aliphatic rings. The molecule has 0 amide bonds. The number of hydrogen-bond donors (Lipinski definition) is 2. The van der Waals surface area contributed by atoms with Crippen LogP contribution in [0, 0.1) is 17.2 Å². The Hall–Kier alpha value is -3.99. The van der Waals surface area contributed by atoms with Gasteiger partial charge >= 0.3 is 5.97 Å². The third-order valence-electron chi connectivity index (χ3n) is 4.73. The monoisotopic (exact) mass is 372 g/mol. The molecule has 1 aromatic carbocycles. The molecule has 3 heterocycles. The number of rotatable bonds is 5. The minimum Gasteiger partial charge on any atom is -0.481 e. The maximum Gasteiger partial charge on any atom is 0.308 e. The highest BCUT2D eigenvalue weighted by atomic mass is 16.4. The summed E-state index contributed by atoms with van der Waals surface area (Å²) in [7, 11) is 0. The lowest BCUT2D eigenvalue weighted by Crippen LogP contribution is -2.25. The molecule has 0 spiro atoms. The fourth-order valence-electron chi connectivity index (χ4n) is 3.31. The molecule has 0 aliphatic carbocycles. The summed E-state index contributed by atoms with van der Waals surface area (Å²) in [4.78, 5) is 23.3. The van der Waals surface area contributed by atoms with Crippen LogP contribution < -0.4 is 0 Å². The fraction of sp³-hybridized carbons (Fsp3) is 0.150. The molecule has 2 atom stereocenters. The van der Waals surface area contributed by atoms with Gasteiger partial charge in [0.1, 0.15) is 12.0 Å². The first-order valence-corrected chi connectivity index (χ1v) is 8.64. The zero-order valence-corrected chi connectivity index (χ0v) is 14.9. The normalized spacial score (nSPS) is 13.1. The molecular weight excluding hydrogens is 356 g/mol. The Bertz CT molecular complexity index is 1200. The van der Waals surface area contributed by atoms with Crippen LogP contribution in [0.25, 0.3) is 22.3 Å². The molecule has 0 saturated heterocycles. The number of benzene rings is 1. The van der Waals surface area contributed by atoms with Crippen molar-refractivity contribution in [2.75, 3.05) is 0 Å². The van der Waals surface area contributed by atoms with Gasteiger partial charge in [-0.3, -0.25) is 9.48 Å². The van der Waals surface area contributed by atoms with E-state index in [0.717, 1.165) is 16.6 Å². The highest BCUT2D eigenvalue weighted by Crippen LogP contribution is 2.30. The average molecular weight is 372 g/mol. The number of carboxylic acids is 1. The molecule has 4 rings (SSSR count). The standard InChI is InChI=1S/C20H16N6O2/c1-12(20(27)28)18(14-4-2-3-13(7-14)8-21)26-10-15(9-25-26)17-16-5-6-22-19(16)24-11-23-17/h2-7,9-12,18H,1H3,(H,27,28)(H,22,23,24). The molecule has 2 unspecified atom stereocenters. The third kappa shape index (κ3) is 2.99. The van der Waals surface area contributed by atoms with E-state index in [-0.39, 0.29) is 0 Å². The van der Waals surface area contributed by atoms with Crippen molar-refractivity contribution < 1.29 is 9.90 Å². The summed E-state index contributed by atoms with van der Waals surface area (Å²) >= 11 is 0. The van der Waals surface area contributed by atoms with Crippen LogP contribution in [0.2, 0.25) is 0 Å². The summed E-state index contributed by atoms with van der Waals surface area (Å²) in [6.45, 7) is 1.63. The summed E-state index contributed by atoms with van der Waals surface area (Å²) in [5.74, 6) is -1.70. The number of carboxylic acid groups (broad SMARTS) is 1. The minimum absolute atomic E-state index is 0.470. The number of carbonyl (C=O) groups is 1. The smallest absolute Gasteiger partial charge is 0.308 e. The zero-order chi connectivity index (χ0) is 19.7. The van der Waals surface area contributed by atoms with E-state index in [0.29, 0.717) is 16.8 Å². The van der Waals surface area contributed by atoms with Gasteiger partial charge in [0.05, 0.1) is 35.5 Å². The minimum atomic E-state index is -0.945. The molecule has 0 aliphatic heterocycles. The van der Waals surface area contributed by atoms with Crippen LogP contribution in [0.5, 0.6) is 0 Å². The molecule has 8 heteroatoms. The Labute approximate surface area is 160 Å². The lowest BCUT2D eigenvalue weighted by Gasteiger charge is -2.22. The van der Waals surface area contributed by atoms with Gasteiger partial charge in [0.2, 0.25) is 0 Å². The van der Waals surface area contributed by atoms with E-state index in [2.05, 4.69) is 26.1 Å². The summed E-state index contributed by atoms with van der Waals surface area (Å²) < 4.78 is 1.62. The number of aromatic amines is 1. The van der Waals surface area contributed by atoms with Gasteiger partial charge in [-0.15, -0.1) is 0 Å². The van der Waals surface area contributed by atoms with Gasteiger partial charge in [0, 0.05) is 23.3 Å². The molecule has 28 heavy (non-hydrogen) atoms. The van der Waals surface area contributed by atoms with Crippen LogP contribution >= 0.6 is 0 Å². The second kappa shape index (κ2) is 6.96. The van der Waals surface area contributed by atoms with Crippen molar-refractivity contribution in [2.45, 2.75) is 13.0 Å². The number of nitrogens with zero attached hydrogens (tertiary/aromatic N) is 5. The number of aromatic nitrogens is 5.